The molecule has 2 aromatic carbocycles. The second kappa shape index (κ2) is 8.51. The van der Waals surface area contributed by atoms with Gasteiger partial charge in [0.05, 0.1) is 18.8 Å². The summed E-state index contributed by atoms with van der Waals surface area (Å²) in [6.07, 6.45) is 3.17. The number of anilines is 1. The minimum absolute atomic E-state index is 0.208. The first-order chi connectivity index (χ1) is 13.1. The molecule has 3 rings (SSSR count). The number of amides is 1. The summed E-state index contributed by atoms with van der Waals surface area (Å²) in [5.41, 5.74) is 10.6. The summed E-state index contributed by atoms with van der Waals surface area (Å²) in [6, 6.07) is 15.0. The van der Waals surface area contributed by atoms with E-state index in [2.05, 4.69) is 15.5 Å². The third-order valence-corrected chi connectivity index (χ3v) is 4.51. The van der Waals surface area contributed by atoms with Gasteiger partial charge in [-0.25, -0.2) is 0 Å². The number of rotatable bonds is 7. The number of aromatic nitrogens is 2. The lowest BCUT2D eigenvalue weighted by atomic mass is 10.0. The van der Waals surface area contributed by atoms with Gasteiger partial charge in [-0.1, -0.05) is 30.3 Å². The Morgan fingerprint density at radius 1 is 1.22 bits per heavy atom. The van der Waals surface area contributed by atoms with E-state index in [-0.39, 0.29) is 5.91 Å². The topological polar surface area (TPSA) is 93.0 Å². The van der Waals surface area contributed by atoms with Gasteiger partial charge in [0.1, 0.15) is 5.75 Å². The maximum Gasteiger partial charge on any atom is 0.241 e. The Kier molecular flexibility index (Phi) is 5.88. The Morgan fingerprint density at radius 2 is 2.00 bits per heavy atom. The highest BCUT2D eigenvalue weighted by atomic mass is 16.5. The van der Waals surface area contributed by atoms with E-state index in [1.54, 1.807) is 13.2 Å². The molecule has 27 heavy (non-hydrogen) atoms. The van der Waals surface area contributed by atoms with Gasteiger partial charge in [-0.15, -0.1) is 0 Å². The summed E-state index contributed by atoms with van der Waals surface area (Å²) >= 11 is 0. The Morgan fingerprint density at radius 3 is 2.67 bits per heavy atom. The van der Waals surface area contributed by atoms with E-state index in [4.69, 9.17) is 10.5 Å². The van der Waals surface area contributed by atoms with E-state index in [1.165, 1.54) is 5.56 Å². The van der Waals surface area contributed by atoms with Crippen molar-refractivity contribution in [3.63, 3.8) is 0 Å². The van der Waals surface area contributed by atoms with Gasteiger partial charge < -0.3 is 15.8 Å². The van der Waals surface area contributed by atoms with Gasteiger partial charge in [-0.3, -0.25) is 9.89 Å². The lowest BCUT2D eigenvalue weighted by molar-refractivity contribution is -0.117. The number of H-pyrrole nitrogens is 1. The smallest absolute Gasteiger partial charge is 0.241 e. The highest BCUT2D eigenvalue weighted by molar-refractivity contribution is 5.95. The molecule has 3 aromatic rings. The third kappa shape index (κ3) is 4.54. The molecule has 0 saturated carbocycles. The summed E-state index contributed by atoms with van der Waals surface area (Å²) in [4.78, 5) is 12.4. The number of aryl methyl sites for hydroxylation is 2. The average molecular weight is 364 g/mol. The fourth-order valence-electron chi connectivity index (χ4n) is 2.96. The van der Waals surface area contributed by atoms with E-state index < -0.39 is 6.04 Å². The molecule has 0 fully saturated rings. The van der Waals surface area contributed by atoms with Crippen LogP contribution in [0.25, 0.3) is 11.1 Å². The maximum absolute atomic E-state index is 12.4. The summed E-state index contributed by atoms with van der Waals surface area (Å²) in [7, 11) is 1.60. The number of benzene rings is 2. The quantitative estimate of drug-likeness (QED) is 0.600. The van der Waals surface area contributed by atoms with Crippen LogP contribution in [0.3, 0.4) is 0 Å². The van der Waals surface area contributed by atoms with Gasteiger partial charge in [0.15, 0.2) is 0 Å². The molecule has 1 atom stereocenters. The molecule has 0 spiro atoms. The summed E-state index contributed by atoms with van der Waals surface area (Å²) in [5.74, 6) is 0.454. The number of carbonyl (C=O) groups is 1. The maximum atomic E-state index is 12.4. The number of nitrogens with one attached hydrogen (secondary N) is 2. The standard InChI is InChI=1S/C21H24N4O2/c1-14-18(13-23-25-14)17-10-9-16(12-20(17)27-2)24-21(26)19(22)11-8-15-6-4-3-5-7-15/h3-7,9-10,12-13,19H,8,11,22H2,1-2H3,(H,23,25)(H,24,26)/t19-/m1/s1. The minimum Gasteiger partial charge on any atom is -0.496 e. The molecule has 4 N–H and O–H groups in total. The Balaban J connectivity index is 1.66. The molecule has 0 aliphatic heterocycles. The molecular formula is C21H24N4O2. The average Bonchev–Trinajstić information content (AvgIpc) is 3.12. The van der Waals surface area contributed by atoms with Crippen LogP contribution in [0.2, 0.25) is 0 Å². The number of methoxy groups -OCH3 is 1. The van der Waals surface area contributed by atoms with Gasteiger partial charge >= 0.3 is 0 Å². The lowest BCUT2D eigenvalue weighted by Crippen LogP contribution is -2.36. The number of hydrogen-bond acceptors (Lipinski definition) is 4. The van der Waals surface area contributed by atoms with Crippen LogP contribution in [0, 0.1) is 6.92 Å². The largest absolute Gasteiger partial charge is 0.496 e. The van der Waals surface area contributed by atoms with Crippen LogP contribution in [0.5, 0.6) is 5.75 Å². The number of nitrogens with zero attached hydrogens (tertiary/aromatic N) is 1. The van der Waals surface area contributed by atoms with Crippen LogP contribution in [-0.2, 0) is 11.2 Å². The van der Waals surface area contributed by atoms with E-state index in [0.29, 0.717) is 17.9 Å². The van der Waals surface area contributed by atoms with Crippen molar-refractivity contribution >= 4 is 11.6 Å². The van der Waals surface area contributed by atoms with Crippen LogP contribution >= 0.6 is 0 Å². The van der Waals surface area contributed by atoms with E-state index >= 15 is 0 Å². The molecule has 1 aromatic heterocycles. The number of carbonyl (C=O) groups excluding carboxylic acids is 1. The summed E-state index contributed by atoms with van der Waals surface area (Å²) in [6.45, 7) is 1.92. The highest BCUT2D eigenvalue weighted by Gasteiger charge is 2.16. The molecule has 0 aliphatic carbocycles. The molecule has 0 bridgehead atoms. The van der Waals surface area contributed by atoms with E-state index in [0.717, 1.165) is 23.2 Å². The number of aromatic amines is 1. The molecule has 6 heteroatoms. The second-order valence-electron chi connectivity index (χ2n) is 6.42. The van der Waals surface area contributed by atoms with Gasteiger partial charge in [0.25, 0.3) is 0 Å². The molecule has 0 unspecified atom stereocenters. The number of ether oxygens (including phenoxy) is 1. The van der Waals surface area contributed by atoms with Crippen molar-refractivity contribution in [1.82, 2.24) is 10.2 Å². The van der Waals surface area contributed by atoms with E-state index in [9.17, 15) is 4.79 Å². The van der Waals surface area contributed by atoms with Crippen molar-refractivity contribution < 1.29 is 9.53 Å². The lowest BCUT2D eigenvalue weighted by Gasteiger charge is -2.14. The first-order valence-corrected chi connectivity index (χ1v) is 8.87. The molecule has 1 heterocycles. The third-order valence-electron chi connectivity index (χ3n) is 4.51. The van der Waals surface area contributed by atoms with Crippen LogP contribution in [0.4, 0.5) is 5.69 Å². The summed E-state index contributed by atoms with van der Waals surface area (Å²) < 4.78 is 5.49. The molecule has 140 valence electrons. The van der Waals surface area contributed by atoms with Gasteiger partial charge in [-0.2, -0.15) is 5.10 Å². The predicted molar refractivity (Wildman–Crippen MR) is 107 cm³/mol. The Labute approximate surface area is 158 Å². The zero-order valence-electron chi connectivity index (χ0n) is 15.5. The van der Waals surface area contributed by atoms with Crippen molar-refractivity contribution in [2.24, 2.45) is 5.73 Å². The van der Waals surface area contributed by atoms with Crippen LogP contribution in [0.1, 0.15) is 17.7 Å². The van der Waals surface area contributed by atoms with Crippen molar-refractivity contribution in [3.8, 4) is 16.9 Å². The number of hydrogen-bond donors (Lipinski definition) is 3. The van der Waals surface area contributed by atoms with Crippen LogP contribution in [-0.4, -0.2) is 29.3 Å². The Bertz CT molecular complexity index is 906. The molecular weight excluding hydrogens is 340 g/mol. The zero-order valence-corrected chi connectivity index (χ0v) is 15.5. The minimum atomic E-state index is -0.577. The van der Waals surface area contributed by atoms with Crippen LogP contribution < -0.4 is 15.8 Å². The van der Waals surface area contributed by atoms with Crippen molar-refractivity contribution in [3.05, 3.63) is 66.0 Å². The predicted octanol–water partition coefficient (Wildman–Crippen LogP) is 3.29. The fourth-order valence-corrected chi connectivity index (χ4v) is 2.96. The van der Waals surface area contributed by atoms with Crippen molar-refractivity contribution in [1.29, 1.82) is 0 Å². The highest BCUT2D eigenvalue weighted by Crippen LogP contribution is 2.33. The molecule has 0 saturated heterocycles. The molecule has 6 nitrogen and oxygen atoms in total. The normalized spacial score (nSPS) is 11.8. The molecule has 1 amide bonds. The molecule has 0 radical (unpaired) electrons. The summed E-state index contributed by atoms with van der Waals surface area (Å²) in [5, 5.41) is 9.86. The molecule has 0 aliphatic rings. The van der Waals surface area contributed by atoms with Crippen LogP contribution in [0.15, 0.2) is 54.7 Å². The van der Waals surface area contributed by atoms with Gasteiger partial charge in [-0.05, 0) is 37.5 Å². The number of nitrogens with two attached hydrogens (primary N) is 1. The monoisotopic (exact) mass is 364 g/mol. The SMILES string of the molecule is COc1cc(NC(=O)[C@H](N)CCc2ccccc2)ccc1-c1c[nH]nc1C. The second-order valence-corrected chi connectivity index (χ2v) is 6.42. The first-order valence-electron chi connectivity index (χ1n) is 8.87. The van der Waals surface area contributed by atoms with E-state index in [1.807, 2.05) is 55.6 Å². The first kappa shape index (κ1) is 18.7. The fraction of sp³-hybridized carbons (Fsp3) is 0.238. The zero-order chi connectivity index (χ0) is 19.2. The van der Waals surface area contributed by atoms with Crippen molar-refractivity contribution in [2.75, 3.05) is 12.4 Å². The Hall–Kier alpha value is -3.12. The van der Waals surface area contributed by atoms with Crippen molar-refractivity contribution in [2.45, 2.75) is 25.8 Å². The van der Waals surface area contributed by atoms with Gasteiger partial charge in [0, 0.05) is 29.1 Å². The van der Waals surface area contributed by atoms with Gasteiger partial charge in [0.2, 0.25) is 5.91 Å².